The molecule has 0 aromatic carbocycles. The molecule has 0 fully saturated rings. The Morgan fingerprint density at radius 1 is 1.43 bits per heavy atom. The second-order valence-electron chi connectivity index (χ2n) is 3.90. The van der Waals surface area contributed by atoms with Gasteiger partial charge in [-0.2, -0.15) is 0 Å². The van der Waals surface area contributed by atoms with Crippen LogP contribution in [-0.2, 0) is 9.53 Å². The maximum absolute atomic E-state index is 11.4. The summed E-state index contributed by atoms with van der Waals surface area (Å²) in [5.41, 5.74) is 0. The molecule has 0 aliphatic rings. The Morgan fingerprint density at radius 2 is 2.00 bits per heavy atom. The fourth-order valence-corrected chi connectivity index (χ4v) is 1.17. The number of amides is 1. The van der Waals surface area contributed by atoms with Gasteiger partial charge < -0.3 is 15.2 Å². The van der Waals surface area contributed by atoms with Crippen LogP contribution >= 0.6 is 0 Å². The lowest BCUT2D eigenvalue weighted by Crippen LogP contribution is -2.43. The molecule has 0 aliphatic carbocycles. The molecule has 2 unspecified atom stereocenters. The van der Waals surface area contributed by atoms with Gasteiger partial charge in [0.25, 0.3) is 0 Å². The van der Waals surface area contributed by atoms with Gasteiger partial charge in [-0.05, 0) is 19.3 Å². The second kappa shape index (κ2) is 6.79. The van der Waals surface area contributed by atoms with Gasteiger partial charge in [0, 0.05) is 7.11 Å². The first-order chi connectivity index (χ1) is 6.51. The number of hydrogen-bond acceptors (Lipinski definition) is 3. The third-order valence-corrected chi connectivity index (χ3v) is 2.05. The van der Waals surface area contributed by atoms with Crippen LogP contribution in [0.5, 0.6) is 0 Å². The summed E-state index contributed by atoms with van der Waals surface area (Å²) in [6.45, 7) is 5.75. The van der Waals surface area contributed by atoms with Crippen LogP contribution in [0.25, 0.3) is 0 Å². The van der Waals surface area contributed by atoms with E-state index in [1.807, 2.05) is 0 Å². The predicted molar refractivity (Wildman–Crippen MR) is 54.9 cm³/mol. The zero-order valence-electron chi connectivity index (χ0n) is 9.41. The highest BCUT2D eigenvalue weighted by Crippen LogP contribution is 2.04. The van der Waals surface area contributed by atoms with E-state index in [0.29, 0.717) is 5.92 Å². The van der Waals surface area contributed by atoms with Crippen molar-refractivity contribution in [3.05, 3.63) is 0 Å². The van der Waals surface area contributed by atoms with Crippen LogP contribution in [0.4, 0.5) is 0 Å². The van der Waals surface area contributed by atoms with Gasteiger partial charge in [0.2, 0.25) is 5.91 Å². The minimum absolute atomic E-state index is 0.0274. The maximum Gasteiger partial charge on any atom is 0.249 e. The molecule has 0 saturated carbocycles. The standard InChI is InChI=1S/C10H21NO3/c1-7(2)5-9(6-12)11-10(13)8(3)14-4/h7-9,12H,5-6H2,1-4H3,(H,11,13). The number of hydrogen-bond donors (Lipinski definition) is 2. The zero-order valence-corrected chi connectivity index (χ0v) is 9.41. The summed E-state index contributed by atoms with van der Waals surface area (Å²) < 4.78 is 4.87. The molecule has 0 aliphatic heterocycles. The van der Waals surface area contributed by atoms with Gasteiger partial charge in [-0.25, -0.2) is 0 Å². The lowest BCUT2D eigenvalue weighted by molar-refractivity contribution is -0.131. The minimum Gasteiger partial charge on any atom is -0.394 e. The Morgan fingerprint density at radius 3 is 2.36 bits per heavy atom. The van der Waals surface area contributed by atoms with Crippen LogP contribution in [0, 0.1) is 5.92 Å². The van der Waals surface area contributed by atoms with Crippen molar-refractivity contribution < 1.29 is 14.6 Å². The summed E-state index contributed by atoms with van der Waals surface area (Å²) >= 11 is 0. The van der Waals surface area contributed by atoms with Gasteiger partial charge in [-0.15, -0.1) is 0 Å². The van der Waals surface area contributed by atoms with E-state index in [2.05, 4.69) is 19.2 Å². The summed E-state index contributed by atoms with van der Waals surface area (Å²) in [6.07, 6.45) is 0.315. The van der Waals surface area contributed by atoms with Crippen LogP contribution in [0.2, 0.25) is 0 Å². The second-order valence-corrected chi connectivity index (χ2v) is 3.90. The fraction of sp³-hybridized carbons (Fsp3) is 0.900. The van der Waals surface area contributed by atoms with Crippen molar-refractivity contribution in [3.63, 3.8) is 0 Å². The molecule has 0 heterocycles. The molecule has 84 valence electrons. The molecule has 1 amide bonds. The number of rotatable bonds is 6. The molecule has 2 N–H and O–H groups in total. The Hall–Kier alpha value is -0.610. The van der Waals surface area contributed by atoms with Crippen molar-refractivity contribution in [2.45, 2.75) is 39.3 Å². The van der Waals surface area contributed by atoms with Crippen LogP contribution < -0.4 is 5.32 Å². The number of carbonyl (C=O) groups is 1. The Kier molecular flexibility index (Phi) is 6.49. The van der Waals surface area contributed by atoms with Gasteiger partial charge in [0.05, 0.1) is 12.6 Å². The van der Waals surface area contributed by atoms with Crippen LogP contribution in [0.3, 0.4) is 0 Å². The van der Waals surface area contributed by atoms with Gasteiger partial charge in [-0.1, -0.05) is 13.8 Å². The van der Waals surface area contributed by atoms with E-state index in [1.54, 1.807) is 6.92 Å². The van der Waals surface area contributed by atoms with Crippen molar-refractivity contribution in [3.8, 4) is 0 Å². The molecule has 0 spiro atoms. The van der Waals surface area contributed by atoms with Crippen molar-refractivity contribution >= 4 is 5.91 Å². The number of aliphatic hydroxyl groups is 1. The van der Waals surface area contributed by atoms with Crippen molar-refractivity contribution in [2.24, 2.45) is 5.92 Å². The zero-order chi connectivity index (χ0) is 11.1. The summed E-state index contributed by atoms with van der Waals surface area (Å²) in [7, 11) is 1.49. The molecular formula is C10H21NO3. The van der Waals surface area contributed by atoms with Gasteiger partial charge in [-0.3, -0.25) is 4.79 Å². The van der Waals surface area contributed by atoms with Crippen LogP contribution in [-0.4, -0.2) is 36.9 Å². The van der Waals surface area contributed by atoms with E-state index in [0.717, 1.165) is 6.42 Å². The molecule has 0 rings (SSSR count). The number of methoxy groups -OCH3 is 1. The van der Waals surface area contributed by atoms with E-state index < -0.39 is 6.10 Å². The van der Waals surface area contributed by atoms with Crippen molar-refractivity contribution in [2.75, 3.05) is 13.7 Å². The lowest BCUT2D eigenvalue weighted by Gasteiger charge is -2.20. The number of nitrogens with one attached hydrogen (secondary N) is 1. The maximum atomic E-state index is 11.4. The molecule has 0 bridgehead atoms. The molecule has 14 heavy (non-hydrogen) atoms. The number of ether oxygens (including phenoxy) is 1. The van der Waals surface area contributed by atoms with E-state index >= 15 is 0 Å². The first-order valence-corrected chi connectivity index (χ1v) is 4.95. The van der Waals surface area contributed by atoms with Gasteiger partial charge >= 0.3 is 0 Å². The first-order valence-electron chi connectivity index (χ1n) is 4.95. The SMILES string of the molecule is COC(C)C(=O)NC(CO)CC(C)C. The lowest BCUT2D eigenvalue weighted by atomic mass is 10.0. The normalized spacial score (nSPS) is 15.3. The smallest absolute Gasteiger partial charge is 0.249 e. The average molecular weight is 203 g/mol. The van der Waals surface area contributed by atoms with Gasteiger partial charge in [0.1, 0.15) is 6.10 Å². The minimum atomic E-state index is -0.462. The average Bonchev–Trinajstić information content (AvgIpc) is 2.14. The van der Waals surface area contributed by atoms with E-state index in [4.69, 9.17) is 9.84 Å². The molecular weight excluding hydrogens is 182 g/mol. The van der Waals surface area contributed by atoms with Crippen molar-refractivity contribution in [1.29, 1.82) is 0 Å². The van der Waals surface area contributed by atoms with Crippen molar-refractivity contribution in [1.82, 2.24) is 5.32 Å². The quantitative estimate of drug-likeness (QED) is 0.662. The first kappa shape index (κ1) is 13.4. The fourth-order valence-electron chi connectivity index (χ4n) is 1.17. The topological polar surface area (TPSA) is 58.6 Å². The molecule has 2 atom stereocenters. The molecule has 0 aromatic rings. The molecule has 0 radical (unpaired) electrons. The summed E-state index contributed by atoms with van der Waals surface area (Å²) in [6, 6.07) is -0.167. The molecule has 4 nitrogen and oxygen atoms in total. The number of carbonyl (C=O) groups excluding carboxylic acids is 1. The predicted octanol–water partition coefficient (Wildman–Crippen LogP) is 0.544. The monoisotopic (exact) mass is 203 g/mol. The third-order valence-electron chi connectivity index (χ3n) is 2.05. The number of aliphatic hydroxyl groups excluding tert-OH is 1. The van der Waals surface area contributed by atoms with E-state index in [1.165, 1.54) is 7.11 Å². The van der Waals surface area contributed by atoms with E-state index in [-0.39, 0.29) is 18.6 Å². The highest BCUT2D eigenvalue weighted by atomic mass is 16.5. The largest absolute Gasteiger partial charge is 0.394 e. The summed E-state index contributed by atoms with van der Waals surface area (Å²) in [4.78, 5) is 11.4. The molecule has 0 saturated heterocycles. The van der Waals surface area contributed by atoms with Crippen LogP contribution in [0.1, 0.15) is 27.2 Å². The Labute approximate surface area is 85.6 Å². The molecule has 4 heteroatoms. The highest BCUT2D eigenvalue weighted by Gasteiger charge is 2.17. The Bertz CT molecular complexity index is 171. The Balaban J connectivity index is 3.98. The summed E-state index contributed by atoms with van der Waals surface area (Å²) in [5.74, 6) is 0.275. The third kappa shape index (κ3) is 5.19. The molecule has 0 aromatic heterocycles. The summed E-state index contributed by atoms with van der Waals surface area (Å²) in [5, 5.41) is 11.8. The van der Waals surface area contributed by atoms with E-state index in [9.17, 15) is 4.79 Å². The van der Waals surface area contributed by atoms with Crippen LogP contribution in [0.15, 0.2) is 0 Å². The highest BCUT2D eigenvalue weighted by molar-refractivity contribution is 5.80. The van der Waals surface area contributed by atoms with Gasteiger partial charge in [0.15, 0.2) is 0 Å².